The Balaban J connectivity index is 1.94. The second-order valence-electron chi connectivity index (χ2n) is 3.70. The summed E-state index contributed by atoms with van der Waals surface area (Å²) in [4.78, 5) is 3.50. The zero-order chi connectivity index (χ0) is 11.4. The molecule has 2 aromatic heterocycles. The highest BCUT2D eigenvalue weighted by atomic mass is 19.1. The molecule has 4 heteroatoms. The highest BCUT2D eigenvalue weighted by Gasteiger charge is 2.06. The van der Waals surface area contributed by atoms with Crippen LogP contribution in [-0.2, 0) is 6.42 Å². The average molecular weight is 220 g/mol. The van der Waals surface area contributed by atoms with Gasteiger partial charge in [-0.3, -0.25) is 0 Å². The Labute approximate surface area is 93.3 Å². The van der Waals surface area contributed by atoms with Crippen LogP contribution in [-0.4, -0.2) is 11.0 Å². The molecular weight excluding hydrogens is 207 g/mol. The molecule has 2 heterocycles. The Bertz CT molecular complexity index is 442. The normalized spacial score (nSPS) is 12.4. The lowest BCUT2D eigenvalue weighted by Gasteiger charge is -2.13. The van der Waals surface area contributed by atoms with Crippen molar-refractivity contribution in [2.75, 3.05) is 5.32 Å². The van der Waals surface area contributed by atoms with Gasteiger partial charge in [-0.15, -0.1) is 0 Å². The molecule has 0 aromatic carbocycles. The average Bonchev–Trinajstić information content (AvgIpc) is 2.70. The Kier molecular flexibility index (Phi) is 3.19. The van der Waals surface area contributed by atoms with Crippen LogP contribution in [0.3, 0.4) is 0 Å². The fourth-order valence-corrected chi connectivity index (χ4v) is 1.56. The van der Waals surface area contributed by atoms with Gasteiger partial charge >= 0.3 is 0 Å². The van der Waals surface area contributed by atoms with Crippen molar-refractivity contribution in [1.29, 1.82) is 0 Å². The van der Waals surface area contributed by atoms with Gasteiger partial charge in [-0.05, 0) is 25.1 Å². The third-order valence-electron chi connectivity index (χ3n) is 2.23. The zero-order valence-corrected chi connectivity index (χ0v) is 8.98. The van der Waals surface area contributed by atoms with Crippen LogP contribution in [0.15, 0.2) is 41.1 Å². The lowest BCUT2D eigenvalue weighted by molar-refractivity contribution is 0.497. The van der Waals surface area contributed by atoms with E-state index in [1.165, 1.54) is 12.3 Å². The number of hydrogen-bond donors (Lipinski definition) is 1. The van der Waals surface area contributed by atoms with E-state index in [1.807, 2.05) is 19.1 Å². The summed E-state index contributed by atoms with van der Waals surface area (Å²) in [6, 6.07) is 7.06. The number of nitrogens with zero attached hydrogens (tertiary/aromatic N) is 1. The largest absolute Gasteiger partial charge is 0.469 e. The van der Waals surface area contributed by atoms with Crippen LogP contribution in [0, 0.1) is 5.95 Å². The van der Waals surface area contributed by atoms with Crippen LogP contribution < -0.4 is 5.32 Å². The van der Waals surface area contributed by atoms with E-state index in [9.17, 15) is 4.39 Å². The molecule has 0 fully saturated rings. The van der Waals surface area contributed by atoms with Gasteiger partial charge in [-0.25, -0.2) is 4.98 Å². The lowest BCUT2D eigenvalue weighted by atomic mass is 10.2. The fraction of sp³-hybridized carbons (Fsp3) is 0.250. The van der Waals surface area contributed by atoms with Gasteiger partial charge in [0.15, 0.2) is 0 Å². The maximum atomic E-state index is 12.8. The SMILES string of the molecule is CC(Cc1ccco1)Nc1ccnc(F)c1. The third kappa shape index (κ3) is 2.82. The first-order valence-electron chi connectivity index (χ1n) is 5.14. The summed E-state index contributed by atoms with van der Waals surface area (Å²) in [6.07, 6.45) is 3.85. The van der Waals surface area contributed by atoms with Crippen molar-refractivity contribution < 1.29 is 8.81 Å². The van der Waals surface area contributed by atoms with Gasteiger partial charge in [0.05, 0.1) is 6.26 Å². The van der Waals surface area contributed by atoms with Gasteiger partial charge in [0, 0.05) is 30.4 Å². The van der Waals surface area contributed by atoms with E-state index >= 15 is 0 Å². The van der Waals surface area contributed by atoms with E-state index in [0.717, 1.165) is 17.9 Å². The number of hydrogen-bond acceptors (Lipinski definition) is 3. The Morgan fingerprint density at radius 3 is 3.06 bits per heavy atom. The van der Waals surface area contributed by atoms with E-state index in [2.05, 4.69) is 10.3 Å². The number of rotatable bonds is 4. The van der Waals surface area contributed by atoms with E-state index < -0.39 is 5.95 Å². The van der Waals surface area contributed by atoms with Crippen molar-refractivity contribution in [3.63, 3.8) is 0 Å². The van der Waals surface area contributed by atoms with Crippen molar-refractivity contribution in [2.45, 2.75) is 19.4 Å². The summed E-state index contributed by atoms with van der Waals surface area (Å²) in [6.45, 7) is 2.01. The number of halogens is 1. The van der Waals surface area contributed by atoms with Gasteiger partial charge in [-0.2, -0.15) is 4.39 Å². The monoisotopic (exact) mass is 220 g/mol. The van der Waals surface area contributed by atoms with Crippen LogP contribution in [0.4, 0.5) is 10.1 Å². The topological polar surface area (TPSA) is 38.1 Å². The number of pyridine rings is 1. The highest BCUT2D eigenvalue weighted by molar-refractivity contribution is 5.42. The predicted molar refractivity (Wildman–Crippen MR) is 59.7 cm³/mol. The maximum absolute atomic E-state index is 12.8. The molecule has 0 bridgehead atoms. The molecule has 1 N–H and O–H groups in total. The van der Waals surface area contributed by atoms with Gasteiger partial charge in [0.2, 0.25) is 5.95 Å². The molecule has 1 unspecified atom stereocenters. The quantitative estimate of drug-likeness (QED) is 0.805. The van der Waals surface area contributed by atoms with Gasteiger partial charge in [0.25, 0.3) is 0 Å². The minimum Gasteiger partial charge on any atom is -0.469 e. The number of anilines is 1. The summed E-state index contributed by atoms with van der Waals surface area (Å²) in [5.41, 5.74) is 0.728. The Morgan fingerprint density at radius 1 is 1.50 bits per heavy atom. The molecule has 3 nitrogen and oxygen atoms in total. The van der Waals surface area contributed by atoms with Crippen molar-refractivity contribution >= 4 is 5.69 Å². The molecule has 0 aliphatic heterocycles. The Hall–Kier alpha value is -1.84. The molecule has 16 heavy (non-hydrogen) atoms. The number of furan rings is 1. The van der Waals surface area contributed by atoms with Crippen LogP contribution in [0.2, 0.25) is 0 Å². The van der Waals surface area contributed by atoms with E-state index in [4.69, 9.17) is 4.42 Å². The van der Waals surface area contributed by atoms with Crippen LogP contribution in [0.1, 0.15) is 12.7 Å². The molecule has 0 radical (unpaired) electrons. The minimum atomic E-state index is -0.477. The molecule has 84 valence electrons. The first kappa shape index (κ1) is 10.7. The van der Waals surface area contributed by atoms with E-state index in [-0.39, 0.29) is 6.04 Å². The molecule has 0 aliphatic carbocycles. The summed E-state index contributed by atoms with van der Waals surface area (Å²) < 4.78 is 18.1. The summed E-state index contributed by atoms with van der Waals surface area (Å²) >= 11 is 0. The molecule has 0 saturated carbocycles. The van der Waals surface area contributed by atoms with Crippen LogP contribution in [0.25, 0.3) is 0 Å². The highest BCUT2D eigenvalue weighted by Crippen LogP contribution is 2.11. The van der Waals surface area contributed by atoms with Gasteiger partial charge in [0.1, 0.15) is 5.76 Å². The van der Waals surface area contributed by atoms with Crippen molar-refractivity contribution in [2.24, 2.45) is 0 Å². The first-order chi connectivity index (χ1) is 7.74. The summed E-state index contributed by atoms with van der Waals surface area (Å²) in [5.74, 6) is 0.435. The smallest absolute Gasteiger partial charge is 0.214 e. The van der Waals surface area contributed by atoms with E-state index in [0.29, 0.717) is 0 Å². The maximum Gasteiger partial charge on any atom is 0.214 e. The standard InChI is InChI=1S/C12H13FN2O/c1-9(7-11-3-2-6-16-11)15-10-4-5-14-12(13)8-10/h2-6,8-9H,7H2,1H3,(H,14,15). The van der Waals surface area contributed by atoms with Crippen molar-refractivity contribution in [1.82, 2.24) is 4.98 Å². The first-order valence-corrected chi connectivity index (χ1v) is 5.14. The Morgan fingerprint density at radius 2 is 2.38 bits per heavy atom. The van der Waals surface area contributed by atoms with Crippen molar-refractivity contribution in [3.8, 4) is 0 Å². The molecule has 0 spiro atoms. The lowest BCUT2D eigenvalue weighted by Crippen LogP contribution is -2.17. The molecule has 2 aromatic rings. The second kappa shape index (κ2) is 4.79. The summed E-state index contributed by atoms with van der Waals surface area (Å²) in [7, 11) is 0. The predicted octanol–water partition coefficient (Wildman–Crippen LogP) is 2.86. The van der Waals surface area contributed by atoms with Crippen molar-refractivity contribution in [3.05, 3.63) is 48.4 Å². The molecule has 0 amide bonds. The molecular formula is C12H13FN2O. The zero-order valence-electron chi connectivity index (χ0n) is 8.98. The van der Waals surface area contributed by atoms with Gasteiger partial charge in [-0.1, -0.05) is 0 Å². The fourth-order valence-electron chi connectivity index (χ4n) is 1.56. The van der Waals surface area contributed by atoms with Crippen LogP contribution >= 0.6 is 0 Å². The second-order valence-corrected chi connectivity index (χ2v) is 3.70. The molecule has 0 aliphatic rings. The number of aromatic nitrogens is 1. The van der Waals surface area contributed by atoms with E-state index in [1.54, 1.807) is 12.3 Å². The number of nitrogens with one attached hydrogen (secondary N) is 1. The molecule has 2 rings (SSSR count). The third-order valence-corrected chi connectivity index (χ3v) is 2.23. The minimum absolute atomic E-state index is 0.174. The molecule has 0 saturated heterocycles. The molecule has 1 atom stereocenters. The van der Waals surface area contributed by atoms with Gasteiger partial charge < -0.3 is 9.73 Å². The summed E-state index contributed by atoms with van der Waals surface area (Å²) in [5, 5.41) is 3.18. The van der Waals surface area contributed by atoms with Crippen LogP contribution in [0.5, 0.6) is 0 Å².